The van der Waals surface area contributed by atoms with Crippen LogP contribution in [0.4, 0.5) is 0 Å². The number of allylic oxidation sites excluding steroid dienone is 1. The number of hydrogen-bond acceptors (Lipinski definition) is 5. The van der Waals surface area contributed by atoms with Crippen molar-refractivity contribution in [3.05, 3.63) is 76.9 Å². The van der Waals surface area contributed by atoms with Gasteiger partial charge in [0.2, 0.25) is 0 Å². The van der Waals surface area contributed by atoms with Crippen molar-refractivity contribution in [2.24, 2.45) is 0 Å². The molecule has 1 aliphatic carbocycles. The maximum atomic E-state index is 12.4. The summed E-state index contributed by atoms with van der Waals surface area (Å²) in [5, 5.41) is 0. The van der Waals surface area contributed by atoms with E-state index in [1.54, 1.807) is 30.3 Å². The summed E-state index contributed by atoms with van der Waals surface area (Å²) in [6.07, 6.45) is 1.13. The summed E-state index contributed by atoms with van der Waals surface area (Å²) < 4.78 is 29.3. The Kier molecular flexibility index (Phi) is 4.17. The number of hydrogen-bond donors (Lipinski definition) is 0. The minimum absolute atomic E-state index is 0.00341. The predicted molar refractivity (Wildman–Crippen MR) is 87.5 cm³/mol. The van der Waals surface area contributed by atoms with E-state index < -0.39 is 22.5 Å². The Hall–Kier alpha value is -2.57. The van der Waals surface area contributed by atoms with E-state index in [4.69, 9.17) is 4.18 Å². The molecule has 0 saturated carbocycles. The molecule has 122 valence electrons. The van der Waals surface area contributed by atoms with Crippen LogP contribution in [0.15, 0.2) is 65.1 Å². The highest BCUT2D eigenvalue weighted by Gasteiger charge is 2.26. The molecule has 0 spiro atoms. The molecule has 0 amide bonds. The third-order valence-corrected chi connectivity index (χ3v) is 4.99. The topological polar surface area (TPSA) is 77.5 Å². The first-order valence-corrected chi connectivity index (χ1v) is 8.64. The van der Waals surface area contributed by atoms with Crippen LogP contribution in [0.25, 0.3) is 0 Å². The molecule has 0 aromatic heterocycles. The maximum absolute atomic E-state index is 12.4. The smallest absolute Gasteiger partial charge is 0.289 e. The van der Waals surface area contributed by atoms with E-state index in [1.807, 2.05) is 6.92 Å². The molecule has 6 heteroatoms. The fourth-order valence-electron chi connectivity index (χ4n) is 2.39. The molecule has 0 fully saturated rings. The molecule has 5 nitrogen and oxygen atoms in total. The normalized spacial score (nSPS) is 14.3. The van der Waals surface area contributed by atoms with E-state index in [0.717, 1.165) is 11.6 Å². The average Bonchev–Trinajstić information content (AvgIpc) is 2.57. The Morgan fingerprint density at radius 2 is 1.54 bits per heavy atom. The van der Waals surface area contributed by atoms with Gasteiger partial charge in [-0.2, -0.15) is 8.42 Å². The van der Waals surface area contributed by atoms with E-state index in [0.29, 0.717) is 5.56 Å². The fourth-order valence-corrected chi connectivity index (χ4v) is 3.28. The zero-order chi connectivity index (χ0) is 17.3. The summed E-state index contributed by atoms with van der Waals surface area (Å²) in [6, 6.07) is 12.6. The molecule has 0 atom stereocenters. The van der Waals surface area contributed by atoms with Crippen LogP contribution in [0.5, 0.6) is 0 Å². The molecular weight excluding hydrogens is 328 g/mol. The standard InChI is InChI=1S/C18H14O5S/c1-12-6-8-14(9-7-12)24(21,22)23-11-13-10-17(19)15-4-2-3-5-16(15)18(13)20/h2-10H,11H2,1H3. The minimum Gasteiger partial charge on any atom is -0.289 e. The number of aryl methyl sites for hydroxylation is 1. The lowest BCUT2D eigenvalue weighted by Gasteiger charge is -2.15. The third-order valence-electron chi connectivity index (χ3n) is 3.71. The van der Waals surface area contributed by atoms with E-state index in [1.165, 1.54) is 18.2 Å². The zero-order valence-electron chi connectivity index (χ0n) is 12.9. The van der Waals surface area contributed by atoms with Crippen molar-refractivity contribution >= 4 is 21.7 Å². The Balaban J connectivity index is 1.81. The fraction of sp³-hybridized carbons (Fsp3) is 0.111. The van der Waals surface area contributed by atoms with Crippen LogP contribution in [0, 0.1) is 6.92 Å². The number of ketones is 2. The van der Waals surface area contributed by atoms with Crippen LogP contribution >= 0.6 is 0 Å². The van der Waals surface area contributed by atoms with Crippen LogP contribution in [-0.4, -0.2) is 26.6 Å². The molecule has 0 heterocycles. The third kappa shape index (κ3) is 3.06. The van der Waals surface area contributed by atoms with Gasteiger partial charge in [0.05, 0.1) is 11.5 Å². The van der Waals surface area contributed by atoms with Crippen LogP contribution in [0.2, 0.25) is 0 Å². The zero-order valence-corrected chi connectivity index (χ0v) is 13.7. The van der Waals surface area contributed by atoms with Crippen molar-refractivity contribution in [3.8, 4) is 0 Å². The van der Waals surface area contributed by atoms with Gasteiger partial charge < -0.3 is 0 Å². The Morgan fingerprint density at radius 1 is 0.917 bits per heavy atom. The molecule has 3 rings (SSSR count). The average molecular weight is 342 g/mol. The summed E-state index contributed by atoms with van der Waals surface area (Å²) in [6.45, 7) is 1.36. The molecular formula is C18H14O5S. The van der Waals surface area contributed by atoms with Gasteiger partial charge in [0, 0.05) is 16.7 Å². The quantitative estimate of drug-likeness (QED) is 0.799. The van der Waals surface area contributed by atoms with Crippen molar-refractivity contribution in [1.82, 2.24) is 0 Å². The summed E-state index contributed by atoms with van der Waals surface area (Å²) in [7, 11) is -4.00. The van der Waals surface area contributed by atoms with E-state index >= 15 is 0 Å². The number of fused-ring (bicyclic) bond motifs is 1. The second kappa shape index (κ2) is 6.14. The van der Waals surface area contributed by atoms with Crippen molar-refractivity contribution in [2.75, 3.05) is 6.61 Å². The monoisotopic (exact) mass is 342 g/mol. The van der Waals surface area contributed by atoms with Crippen molar-refractivity contribution in [3.63, 3.8) is 0 Å². The number of Topliss-reactive ketones (excluding diaryl/α,β-unsaturated/α-hetero) is 1. The van der Waals surface area contributed by atoms with Crippen LogP contribution in [0.1, 0.15) is 26.3 Å². The van der Waals surface area contributed by atoms with Gasteiger partial charge in [-0.05, 0) is 25.1 Å². The molecule has 24 heavy (non-hydrogen) atoms. The molecule has 0 radical (unpaired) electrons. The molecule has 2 aromatic rings. The number of benzene rings is 2. The van der Waals surface area contributed by atoms with Gasteiger partial charge in [-0.15, -0.1) is 0 Å². The van der Waals surface area contributed by atoms with Gasteiger partial charge in [-0.3, -0.25) is 13.8 Å². The Morgan fingerprint density at radius 3 is 2.21 bits per heavy atom. The summed E-state index contributed by atoms with van der Waals surface area (Å²) in [5.74, 6) is -0.735. The van der Waals surface area contributed by atoms with Crippen LogP contribution < -0.4 is 0 Å². The van der Waals surface area contributed by atoms with Gasteiger partial charge >= 0.3 is 0 Å². The van der Waals surface area contributed by atoms with Gasteiger partial charge in [-0.1, -0.05) is 42.0 Å². The second-order valence-electron chi connectivity index (χ2n) is 5.44. The molecule has 0 bridgehead atoms. The predicted octanol–water partition coefficient (Wildman–Crippen LogP) is 2.71. The molecule has 0 unspecified atom stereocenters. The summed E-state index contributed by atoms with van der Waals surface area (Å²) in [5.41, 5.74) is 1.51. The Labute approximate surface area is 139 Å². The van der Waals surface area contributed by atoms with Crippen LogP contribution in [0.3, 0.4) is 0 Å². The van der Waals surface area contributed by atoms with E-state index in [2.05, 4.69) is 0 Å². The highest BCUT2D eigenvalue weighted by molar-refractivity contribution is 7.86. The second-order valence-corrected chi connectivity index (χ2v) is 7.05. The molecule has 0 aliphatic heterocycles. The number of carbonyl (C=O) groups excluding carboxylic acids is 2. The lowest BCUT2D eigenvalue weighted by Crippen LogP contribution is -2.21. The number of carbonyl (C=O) groups is 2. The largest absolute Gasteiger partial charge is 0.297 e. The Bertz CT molecular complexity index is 953. The molecule has 0 saturated heterocycles. The van der Waals surface area contributed by atoms with Gasteiger partial charge in [0.25, 0.3) is 10.1 Å². The highest BCUT2D eigenvalue weighted by Crippen LogP contribution is 2.22. The first-order valence-electron chi connectivity index (χ1n) is 7.23. The molecule has 0 N–H and O–H groups in total. The summed E-state index contributed by atoms with van der Waals surface area (Å²) >= 11 is 0. The number of rotatable bonds is 4. The first kappa shape index (κ1) is 16.3. The SMILES string of the molecule is Cc1ccc(S(=O)(=O)OCC2=CC(=O)c3ccccc3C2=O)cc1. The maximum Gasteiger partial charge on any atom is 0.297 e. The van der Waals surface area contributed by atoms with E-state index in [9.17, 15) is 18.0 Å². The summed E-state index contributed by atoms with van der Waals surface area (Å²) in [4.78, 5) is 24.4. The van der Waals surface area contributed by atoms with Gasteiger partial charge in [0.15, 0.2) is 11.6 Å². The van der Waals surface area contributed by atoms with Crippen molar-refractivity contribution in [2.45, 2.75) is 11.8 Å². The lowest BCUT2D eigenvalue weighted by molar-refractivity contribution is 0.0975. The van der Waals surface area contributed by atoms with Gasteiger partial charge in [0.1, 0.15) is 0 Å². The van der Waals surface area contributed by atoms with Gasteiger partial charge in [-0.25, -0.2) is 0 Å². The minimum atomic E-state index is -4.00. The van der Waals surface area contributed by atoms with Crippen molar-refractivity contribution in [1.29, 1.82) is 0 Å². The first-order chi connectivity index (χ1) is 11.4. The van der Waals surface area contributed by atoms with E-state index in [-0.39, 0.29) is 21.8 Å². The van der Waals surface area contributed by atoms with Crippen LogP contribution in [-0.2, 0) is 14.3 Å². The lowest BCUT2D eigenvalue weighted by atomic mass is 9.90. The molecule has 2 aromatic carbocycles. The molecule has 1 aliphatic rings. The van der Waals surface area contributed by atoms with Crippen molar-refractivity contribution < 1.29 is 22.2 Å². The highest BCUT2D eigenvalue weighted by atomic mass is 32.2.